The predicted octanol–water partition coefficient (Wildman–Crippen LogP) is 2.56. The third-order valence-electron chi connectivity index (χ3n) is 2.71. The number of methoxy groups -OCH3 is 1. The first-order valence-corrected chi connectivity index (χ1v) is 6.31. The third kappa shape index (κ3) is 2.68. The highest BCUT2D eigenvalue weighted by Gasteiger charge is 2.17. The Morgan fingerprint density at radius 1 is 1.28 bits per heavy atom. The SMILES string of the molecule is CNC(c1cncnc1)c1cc(Br)ccc1OC. The molecule has 0 amide bonds. The molecule has 0 saturated carbocycles. The monoisotopic (exact) mass is 307 g/mol. The number of nitrogens with zero attached hydrogens (tertiary/aromatic N) is 2. The molecule has 0 saturated heterocycles. The number of nitrogens with one attached hydrogen (secondary N) is 1. The van der Waals surface area contributed by atoms with E-state index in [1.807, 2.05) is 25.2 Å². The van der Waals surface area contributed by atoms with Gasteiger partial charge in [-0.25, -0.2) is 9.97 Å². The van der Waals surface area contributed by atoms with E-state index in [1.165, 1.54) is 6.33 Å². The van der Waals surface area contributed by atoms with Gasteiger partial charge in [0.25, 0.3) is 0 Å². The van der Waals surface area contributed by atoms with Gasteiger partial charge in [-0.2, -0.15) is 0 Å². The van der Waals surface area contributed by atoms with Crippen molar-refractivity contribution in [1.82, 2.24) is 15.3 Å². The molecule has 0 spiro atoms. The van der Waals surface area contributed by atoms with Gasteiger partial charge < -0.3 is 10.1 Å². The summed E-state index contributed by atoms with van der Waals surface area (Å²) in [6, 6.07) is 5.93. The van der Waals surface area contributed by atoms with Crippen molar-refractivity contribution >= 4 is 15.9 Å². The van der Waals surface area contributed by atoms with Crippen LogP contribution >= 0.6 is 15.9 Å². The number of benzene rings is 1. The molecular formula is C13H14BrN3O. The molecular weight excluding hydrogens is 294 g/mol. The third-order valence-corrected chi connectivity index (χ3v) is 3.20. The van der Waals surface area contributed by atoms with E-state index < -0.39 is 0 Å². The molecule has 0 aliphatic rings. The largest absolute Gasteiger partial charge is 0.496 e. The lowest BCUT2D eigenvalue weighted by Gasteiger charge is -2.19. The van der Waals surface area contributed by atoms with Crippen molar-refractivity contribution in [3.05, 3.63) is 52.5 Å². The van der Waals surface area contributed by atoms with E-state index in [0.717, 1.165) is 21.3 Å². The molecule has 1 aromatic heterocycles. The van der Waals surface area contributed by atoms with E-state index in [0.29, 0.717) is 0 Å². The summed E-state index contributed by atoms with van der Waals surface area (Å²) in [6.45, 7) is 0. The molecule has 1 unspecified atom stereocenters. The van der Waals surface area contributed by atoms with Crippen LogP contribution in [-0.2, 0) is 0 Å². The highest BCUT2D eigenvalue weighted by atomic mass is 79.9. The molecule has 0 radical (unpaired) electrons. The number of hydrogen-bond acceptors (Lipinski definition) is 4. The minimum atomic E-state index is -0.00125. The Morgan fingerprint density at radius 3 is 2.61 bits per heavy atom. The van der Waals surface area contributed by atoms with Crippen LogP contribution in [-0.4, -0.2) is 24.1 Å². The van der Waals surface area contributed by atoms with E-state index >= 15 is 0 Å². The minimum absolute atomic E-state index is 0.00125. The van der Waals surface area contributed by atoms with Gasteiger partial charge in [0.15, 0.2) is 0 Å². The molecule has 0 fully saturated rings. The maximum absolute atomic E-state index is 5.40. The predicted molar refractivity (Wildman–Crippen MR) is 73.6 cm³/mol. The Bertz CT molecular complexity index is 519. The fourth-order valence-electron chi connectivity index (χ4n) is 1.89. The van der Waals surface area contributed by atoms with Gasteiger partial charge in [-0.1, -0.05) is 15.9 Å². The first-order chi connectivity index (χ1) is 8.76. The molecule has 5 heteroatoms. The molecule has 1 aromatic carbocycles. The molecule has 2 rings (SSSR count). The lowest BCUT2D eigenvalue weighted by molar-refractivity contribution is 0.405. The van der Waals surface area contributed by atoms with Crippen LogP contribution in [0.1, 0.15) is 17.2 Å². The quantitative estimate of drug-likeness (QED) is 0.943. The first kappa shape index (κ1) is 13.0. The van der Waals surface area contributed by atoms with E-state index in [9.17, 15) is 0 Å². The van der Waals surface area contributed by atoms with Crippen LogP contribution < -0.4 is 10.1 Å². The second-order valence-electron chi connectivity index (χ2n) is 3.78. The van der Waals surface area contributed by atoms with Crippen molar-refractivity contribution in [2.75, 3.05) is 14.2 Å². The molecule has 4 nitrogen and oxygen atoms in total. The molecule has 1 heterocycles. The van der Waals surface area contributed by atoms with Crippen molar-refractivity contribution in [2.24, 2.45) is 0 Å². The van der Waals surface area contributed by atoms with Gasteiger partial charge in [-0.05, 0) is 25.2 Å². The fraction of sp³-hybridized carbons (Fsp3) is 0.231. The van der Waals surface area contributed by atoms with Gasteiger partial charge in [0, 0.05) is 28.0 Å². The lowest BCUT2D eigenvalue weighted by atomic mass is 10.0. The van der Waals surface area contributed by atoms with Crippen LogP contribution in [0.25, 0.3) is 0 Å². The first-order valence-electron chi connectivity index (χ1n) is 5.52. The Balaban J connectivity index is 2.48. The maximum atomic E-state index is 5.40. The van der Waals surface area contributed by atoms with Crippen molar-refractivity contribution < 1.29 is 4.74 Å². The normalized spacial score (nSPS) is 12.2. The summed E-state index contributed by atoms with van der Waals surface area (Å²) in [4.78, 5) is 8.11. The van der Waals surface area contributed by atoms with Gasteiger partial charge in [0.1, 0.15) is 12.1 Å². The van der Waals surface area contributed by atoms with Crippen LogP contribution in [0.4, 0.5) is 0 Å². The topological polar surface area (TPSA) is 47.0 Å². The summed E-state index contributed by atoms with van der Waals surface area (Å²) in [5.74, 6) is 0.835. The van der Waals surface area contributed by atoms with Crippen molar-refractivity contribution in [1.29, 1.82) is 0 Å². The number of ether oxygens (including phenoxy) is 1. The van der Waals surface area contributed by atoms with E-state index in [-0.39, 0.29) is 6.04 Å². The second-order valence-corrected chi connectivity index (χ2v) is 4.70. The number of hydrogen-bond donors (Lipinski definition) is 1. The Labute approximate surface area is 115 Å². The van der Waals surface area contributed by atoms with Gasteiger partial charge in [0.2, 0.25) is 0 Å². The Hall–Kier alpha value is -1.46. The number of halogens is 1. The van der Waals surface area contributed by atoms with Gasteiger partial charge in [-0.15, -0.1) is 0 Å². The molecule has 18 heavy (non-hydrogen) atoms. The molecule has 1 N–H and O–H groups in total. The van der Waals surface area contributed by atoms with Crippen LogP contribution in [0, 0.1) is 0 Å². The van der Waals surface area contributed by atoms with Gasteiger partial charge >= 0.3 is 0 Å². The molecule has 0 bridgehead atoms. The van der Waals surface area contributed by atoms with Gasteiger partial charge in [0.05, 0.1) is 13.2 Å². The van der Waals surface area contributed by atoms with Crippen LogP contribution in [0.2, 0.25) is 0 Å². The number of aromatic nitrogens is 2. The maximum Gasteiger partial charge on any atom is 0.124 e. The smallest absolute Gasteiger partial charge is 0.124 e. The minimum Gasteiger partial charge on any atom is -0.496 e. The van der Waals surface area contributed by atoms with Crippen molar-refractivity contribution in [3.63, 3.8) is 0 Å². The zero-order valence-electron chi connectivity index (χ0n) is 10.2. The average molecular weight is 308 g/mol. The highest BCUT2D eigenvalue weighted by molar-refractivity contribution is 9.10. The fourth-order valence-corrected chi connectivity index (χ4v) is 2.27. The molecule has 0 aliphatic carbocycles. The summed E-state index contributed by atoms with van der Waals surface area (Å²) in [7, 11) is 3.57. The lowest BCUT2D eigenvalue weighted by Crippen LogP contribution is -2.18. The zero-order valence-corrected chi connectivity index (χ0v) is 11.8. The zero-order chi connectivity index (χ0) is 13.0. The van der Waals surface area contributed by atoms with Crippen LogP contribution in [0.5, 0.6) is 5.75 Å². The standard InChI is InChI=1S/C13H14BrN3O/c1-15-13(9-6-16-8-17-7-9)11-5-10(14)3-4-12(11)18-2/h3-8,13,15H,1-2H3. The summed E-state index contributed by atoms with van der Waals surface area (Å²) in [5, 5.41) is 3.26. The Kier molecular flexibility index (Phi) is 4.28. The summed E-state index contributed by atoms with van der Waals surface area (Å²) >= 11 is 3.48. The van der Waals surface area contributed by atoms with Crippen LogP contribution in [0.3, 0.4) is 0 Å². The number of rotatable bonds is 4. The Morgan fingerprint density at radius 2 is 2.00 bits per heavy atom. The molecule has 2 aromatic rings. The van der Waals surface area contributed by atoms with E-state index in [1.54, 1.807) is 19.5 Å². The summed E-state index contributed by atoms with van der Waals surface area (Å²) in [6.07, 6.45) is 5.12. The van der Waals surface area contributed by atoms with Crippen molar-refractivity contribution in [2.45, 2.75) is 6.04 Å². The highest BCUT2D eigenvalue weighted by Crippen LogP contribution is 2.31. The summed E-state index contributed by atoms with van der Waals surface area (Å²) < 4.78 is 6.41. The van der Waals surface area contributed by atoms with E-state index in [4.69, 9.17) is 4.74 Å². The van der Waals surface area contributed by atoms with E-state index in [2.05, 4.69) is 31.2 Å². The average Bonchev–Trinajstić information content (AvgIpc) is 2.41. The van der Waals surface area contributed by atoms with Crippen molar-refractivity contribution in [3.8, 4) is 5.75 Å². The second kappa shape index (κ2) is 5.93. The van der Waals surface area contributed by atoms with Crippen LogP contribution in [0.15, 0.2) is 41.4 Å². The molecule has 94 valence electrons. The summed E-state index contributed by atoms with van der Waals surface area (Å²) in [5.41, 5.74) is 2.04. The molecule has 0 aliphatic heterocycles. The van der Waals surface area contributed by atoms with Gasteiger partial charge in [-0.3, -0.25) is 0 Å². The molecule has 1 atom stereocenters.